The van der Waals surface area contributed by atoms with Gasteiger partial charge in [-0.05, 0) is 23.9 Å². The normalized spacial score (nSPS) is 10.3. The van der Waals surface area contributed by atoms with Crippen LogP contribution in [0.3, 0.4) is 0 Å². The highest BCUT2D eigenvalue weighted by atomic mass is 16.1. The van der Waals surface area contributed by atoms with Gasteiger partial charge in [-0.2, -0.15) is 0 Å². The Morgan fingerprint density at radius 2 is 2.15 bits per heavy atom. The molecular formula is C16H19N3O. The first-order valence-corrected chi connectivity index (χ1v) is 6.76. The minimum Gasteiger partial charge on any atom is -0.355 e. The number of nitrogens with zero attached hydrogens (tertiary/aromatic N) is 1. The van der Waals surface area contributed by atoms with Crippen LogP contribution in [0.25, 0.3) is 10.9 Å². The largest absolute Gasteiger partial charge is 0.355 e. The molecule has 1 aromatic heterocycles. The second kappa shape index (κ2) is 7.37. The summed E-state index contributed by atoms with van der Waals surface area (Å²) in [4.78, 5) is 11.4. The lowest BCUT2D eigenvalue weighted by Crippen LogP contribution is -2.34. The molecule has 0 saturated heterocycles. The Kier molecular flexibility index (Phi) is 5.22. The maximum absolute atomic E-state index is 11.4. The van der Waals surface area contributed by atoms with Crippen LogP contribution < -0.4 is 10.6 Å². The Labute approximate surface area is 119 Å². The molecule has 0 saturated carbocycles. The van der Waals surface area contributed by atoms with E-state index < -0.39 is 0 Å². The number of hydrogen-bond acceptors (Lipinski definition) is 2. The van der Waals surface area contributed by atoms with E-state index in [1.807, 2.05) is 12.1 Å². The third-order valence-electron chi connectivity index (χ3n) is 3.09. The van der Waals surface area contributed by atoms with E-state index in [0.29, 0.717) is 13.1 Å². The Balaban J connectivity index is 1.71. The third-order valence-corrected chi connectivity index (χ3v) is 3.09. The average Bonchev–Trinajstić information content (AvgIpc) is 2.87. The van der Waals surface area contributed by atoms with Crippen molar-refractivity contribution in [2.75, 3.05) is 19.6 Å². The molecule has 1 heterocycles. The van der Waals surface area contributed by atoms with Gasteiger partial charge in [-0.1, -0.05) is 24.1 Å². The quantitative estimate of drug-likeness (QED) is 0.589. The van der Waals surface area contributed by atoms with Crippen molar-refractivity contribution in [1.29, 1.82) is 0 Å². The zero-order valence-corrected chi connectivity index (χ0v) is 11.4. The van der Waals surface area contributed by atoms with Crippen molar-refractivity contribution in [3.05, 3.63) is 36.5 Å². The summed E-state index contributed by atoms with van der Waals surface area (Å²) in [5.74, 6) is 2.42. The number of terminal acetylenes is 1. The summed E-state index contributed by atoms with van der Waals surface area (Å²) in [6.45, 7) is 2.26. The smallest absolute Gasteiger partial charge is 0.233 e. The molecule has 4 heteroatoms. The van der Waals surface area contributed by atoms with Gasteiger partial charge in [0.2, 0.25) is 5.91 Å². The van der Waals surface area contributed by atoms with Crippen molar-refractivity contribution in [3.63, 3.8) is 0 Å². The molecule has 0 radical (unpaired) electrons. The highest BCUT2D eigenvalue weighted by Crippen LogP contribution is 2.14. The first-order valence-electron chi connectivity index (χ1n) is 6.76. The van der Waals surface area contributed by atoms with E-state index in [0.717, 1.165) is 13.0 Å². The lowest BCUT2D eigenvalue weighted by Gasteiger charge is -2.07. The van der Waals surface area contributed by atoms with E-state index in [-0.39, 0.29) is 12.5 Å². The van der Waals surface area contributed by atoms with Gasteiger partial charge < -0.3 is 9.88 Å². The van der Waals surface area contributed by atoms with E-state index in [1.54, 1.807) is 0 Å². The van der Waals surface area contributed by atoms with Crippen molar-refractivity contribution < 1.29 is 4.79 Å². The molecule has 1 aromatic carbocycles. The number of benzene rings is 1. The van der Waals surface area contributed by atoms with E-state index in [2.05, 4.69) is 45.5 Å². The van der Waals surface area contributed by atoms with Crippen molar-refractivity contribution in [2.45, 2.75) is 13.0 Å². The second-order valence-corrected chi connectivity index (χ2v) is 4.58. The van der Waals surface area contributed by atoms with Gasteiger partial charge in [-0.15, -0.1) is 6.42 Å². The zero-order chi connectivity index (χ0) is 14.2. The third kappa shape index (κ3) is 3.87. The van der Waals surface area contributed by atoms with Gasteiger partial charge in [0.05, 0.1) is 13.1 Å². The van der Waals surface area contributed by atoms with Crippen LogP contribution in [0.1, 0.15) is 6.42 Å². The molecule has 2 aromatic rings. The summed E-state index contributed by atoms with van der Waals surface area (Å²) in [7, 11) is 0. The zero-order valence-electron chi connectivity index (χ0n) is 11.4. The van der Waals surface area contributed by atoms with Gasteiger partial charge in [-0.3, -0.25) is 10.1 Å². The Morgan fingerprint density at radius 1 is 1.30 bits per heavy atom. The molecule has 0 fully saturated rings. The van der Waals surface area contributed by atoms with Crippen LogP contribution in [0.5, 0.6) is 0 Å². The fourth-order valence-corrected chi connectivity index (χ4v) is 2.12. The topological polar surface area (TPSA) is 46.1 Å². The molecule has 104 valence electrons. The van der Waals surface area contributed by atoms with Gasteiger partial charge in [0, 0.05) is 24.8 Å². The van der Waals surface area contributed by atoms with E-state index in [9.17, 15) is 4.79 Å². The maximum Gasteiger partial charge on any atom is 0.233 e. The monoisotopic (exact) mass is 269 g/mol. The van der Waals surface area contributed by atoms with Crippen LogP contribution in [0, 0.1) is 12.3 Å². The van der Waals surface area contributed by atoms with Gasteiger partial charge in [0.1, 0.15) is 0 Å². The molecule has 0 aliphatic carbocycles. The molecule has 0 bridgehead atoms. The van der Waals surface area contributed by atoms with Gasteiger partial charge in [0.25, 0.3) is 0 Å². The lowest BCUT2D eigenvalue weighted by atomic mass is 10.2. The fourth-order valence-electron chi connectivity index (χ4n) is 2.12. The molecule has 0 spiro atoms. The lowest BCUT2D eigenvalue weighted by molar-refractivity contribution is -0.120. The van der Waals surface area contributed by atoms with Crippen molar-refractivity contribution in [3.8, 4) is 12.3 Å². The van der Waals surface area contributed by atoms with Crippen LogP contribution in [0.2, 0.25) is 0 Å². The van der Waals surface area contributed by atoms with Crippen LogP contribution in [0.15, 0.2) is 36.5 Å². The number of aromatic nitrogens is 1. The van der Waals surface area contributed by atoms with E-state index in [1.165, 1.54) is 10.9 Å². The van der Waals surface area contributed by atoms with Crippen LogP contribution in [-0.4, -0.2) is 30.1 Å². The predicted molar refractivity (Wildman–Crippen MR) is 81.3 cm³/mol. The molecule has 2 rings (SSSR count). The number of amides is 1. The molecule has 0 atom stereocenters. The predicted octanol–water partition coefficient (Wildman–Crippen LogP) is 1.37. The number of fused-ring (bicyclic) bond motifs is 1. The van der Waals surface area contributed by atoms with E-state index in [4.69, 9.17) is 6.42 Å². The highest BCUT2D eigenvalue weighted by molar-refractivity contribution is 5.80. The molecule has 20 heavy (non-hydrogen) atoms. The van der Waals surface area contributed by atoms with E-state index >= 15 is 0 Å². The number of nitrogens with one attached hydrogen (secondary N) is 2. The molecule has 2 N–H and O–H groups in total. The molecule has 0 unspecified atom stereocenters. The van der Waals surface area contributed by atoms with Gasteiger partial charge in [-0.25, -0.2) is 0 Å². The van der Waals surface area contributed by atoms with Crippen LogP contribution in [0.4, 0.5) is 0 Å². The molecule has 1 amide bonds. The number of hydrogen-bond donors (Lipinski definition) is 2. The highest BCUT2D eigenvalue weighted by Gasteiger charge is 2.01. The van der Waals surface area contributed by atoms with Crippen LogP contribution in [-0.2, 0) is 11.3 Å². The SMILES string of the molecule is C#CCNCC(=O)NCCCn1ccc2ccccc21. The maximum atomic E-state index is 11.4. The number of aryl methyl sites for hydroxylation is 1. The minimum atomic E-state index is -0.0161. The summed E-state index contributed by atoms with van der Waals surface area (Å²) in [6, 6.07) is 10.4. The first-order chi connectivity index (χ1) is 9.81. The molecule has 0 aliphatic heterocycles. The summed E-state index contributed by atoms with van der Waals surface area (Å²) in [5, 5.41) is 6.97. The molecule has 4 nitrogen and oxygen atoms in total. The summed E-state index contributed by atoms with van der Waals surface area (Å²) in [6.07, 6.45) is 8.08. The fraction of sp³-hybridized carbons (Fsp3) is 0.312. The molecule has 0 aliphatic rings. The Morgan fingerprint density at radius 3 is 3.00 bits per heavy atom. The van der Waals surface area contributed by atoms with Crippen molar-refractivity contribution in [1.82, 2.24) is 15.2 Å². The van der Waals surface area contributed by atoms with Gasteiger partial charge in [0.15, 0.2) is 0 Å². The number of para-hydroxylation sites is 1. The number of rotatable bonds is 7. The summed E-state index contributed by atoms with van der Waals surface area (Å²) >= 11 is 0. The van der Waals surface area contributed by atoms with Crippen molar-refractivity contribution >= 4 is 16.8 Å². The summed E-state index contributed by atoms with van der Waals surface area (Å²) < 4.78 is 2.21. The minimum absolute atomic E-state index is 0.0161. The number of carbonyl (C=O) groups is 1. The van der Waals surface area contributed by atoms with Crippen LogP contribution >= 0.6 is 0 Å². The second-order valence-electron chi connectivity index (χ2n) is 4.58. The molecular weight excluding hydrogens is 250 g/mol. The number of carbonyl (C=O) groups excluding carboxylic acids is 1. The average molecular weight is 269 g/mol. The first kappa shape index (κ1) is 14.2. The van der Waals surface area contributed by atoms with Crippen molar-refractivity contribution in [2.24, 2.45) is 0 Å². The Bertz CT molecular complexity index is 609. The standard InChI is InChI=1S/C16H19N3O/c1-2-9-17-13-16(20)18-10-5-11-19-12-8-14-6-3-4-7-15(14)19/h1,3-4,6-8,12,17H,5,9-11,13H2,(H,18,20). The van der Waals surface area contributed by atoms with Gasteiger partial charge >= 0.3 is 0 Å². The Hall–Kier alpha value is -2.25. The summed E-state index contributed by atoms with van der Waals surface area (Å²) in [5.41, 5.74) is 1.23.